The summed E-state index contributed by atoms with van der Waals surface area (Å²) in [5.41, 5.74) is 2.09. The molecule has 0 N–H and O–H groups in total. The molecule has 0 saturated carbocycles. The van der Waals surface area contributed by atoms with Gasteiger partial charge >= 0.3 is 0 Å². The molecule has 1 fully saturated rings. The van der Waals surface area contributed by atoms with Gasteiger partial charge < -0.3 is 9.47 Å². The first-order valence-electron chi connectivity index (χ1n) is 11.6. The molecule has 8 nitrogen and oxygen atoms in total. The van der Waals surface area contributed by atoms with E-state index < -0.39 is 4.92 Å². The second-order valence-electron chi connectivity index (χ2n) is 8.18. The Labute approximate surface area is 234 Å². The highest BCUT2D eigenvalue weighted by Gasteiger charge is 2.33. The zero-order valence-electron chi connectivity index (χ0n) is 20.5. The highest BCUT2D eigenvalue weighted by atomic mass is 35.5. The van der Waals surface area contributed by atoms with Crippen molar-refractivity contribution in [3.05, 3.63) is 96.9 Å². The van der Waals surface area contributed by atoms with Crippen molar-refractivity contribution >= 4 is 63.5 Å². The number of thioether (sulfide) groups is 1. The summed E-state index contributed by atoms with van der Waals surface area (Å²) in [5, 5.41) is 12.4. The number of nitrogens with zero attached hydrogens (tertiary/aromatic N) is 3. The molecule has 4 rings (SSSR count). The zero-order chi connectivity index (χ0) is 27.2. The summed E-state index contributed by atoms with van der Waals surface area (Å²) < 4.78 is 11.4. The first-order chi connectivity index (χ1) is 18.3. The Morgan fingerprint density at radius 2 is 1.82 bits per heavy atom. The molecule has 0 radical (unpaired) electrons. The number of hydrogen-bond donors (Lipinski definition) is 0. The van der Waals surface area contributed by atoms with Gasteiger partial charge in [-0.3, -0.25) is 19.8 Å². The van der Waals surface area contributed by atoms with Gasteiger partial charge in [-0.2, -0.15) is 0 Å². The number of non-ortho nitro benzene ring substituents is 1. The molecule has 1 saturated heterocycles. The van der Waals surface area contributed by atoms with E-state index in [-0.39, 0.29) is 18.2 Å². The summed E-state index contributed by atoms with van der Waals surface area (Å²) in [7, 11) is 1.50. The van der Waals surface area contributed by atoms with Gasteiger partial charge in [0.25, 0.3) is 11.6 Å². The summed E-state index contributed by atoms with van der Waals surface area (Å²) in [6.45, 7) is 2.67. The van der Waals surface area contributed by atoms with Gasteiger partial charge in [0.2, 0.25) is 0 Å². The number of carbonyl (C=O) groups excluding carboxylic acids is 1. The third kappa shape index (κ3) is 6.48. The van der Waals surface area contributed by atoms with Gasteiger partial charge in [-0.25, -0.2) is 4.99 Å². The lowest BCUT2D eigenvalue weighted by molar-refractivity contribution is -0.384. The molecule has 11 heteroatoms. The third-order valence-corrected chi connectivity index (χ3v) is 7.01. The average Bonchev–Trinajstić information content (AvgIpc) is 3.18. The second-order valence-corrected chi connectivity index (χ2v) is 10.0. The van der Waals surface area contributed by atoms with Crippen LogP contribution in [0.1, 0.15) is 24.5 Å². The Kier molecular flexibility index (Phi) is 8.93. The summed E-state index contributed by atoms with van der Waals surface area (Å²) in [4.78, 5) is 30.4. The maximum Gasteiger partial charge on any atom is 0.269 e. The smallest absolute Gasteiger partial charge is 0.269 e. The highest BCUT2D eigenvalue weighted by Crippen LogP contribution is 2.40. The molecule has 1 amide bonds. The molecule has 1 heterocycles. The zero-order valence-corrected chi connectivity index (χ0v) is 22.8. The van der Waals surface area contributed by atoms with E-state index in [1.54, 1.807) is 59.5 Å². The molecular formula is C27H23Cl2N3O5S. The number of hydrogen-bond acceptors (Lipinski definition) is 7. The second kappa shape index (κ2) is 12.3. The molecule has 3 aromatic carbocycles. The highest BCUT2D eigenvalue weighted by molar-refractivity contribution is 8.18. The van der Waals surface area contributed by atoms with E-state index in [2.05, 4.69) is 4.99 Å². The fraction of sp³-hybridized carbons (Fsp3) is 0.185. The number of carbonyl (C=O) groups is 1. The number of amides is 1. The molecule has 38 heavy (non-hydrogen) atoms. The van der Waals surface area contributed by atoms with Crippen molar-refractivity contribution < 1.29 is 19.2 Å². The van der Waals surface area contributed by atoms with Crippen molar-refractivity contribution in [1.82, 2.24) is 4.90 Å². The van der Waals surface area contributed by atoms with Gasteiger partial charge in [-0.1, -0.05) is 30.1 Å². The summed E-state index contributed by atoms with van der Waals surface area (Å²) in [6.07, 6.45) is 2.52. The minimum atomic E-state index is -0.459. The van der Waals surface area contributed by atoms with Crippen LogP contribution in [0.15, 0.2) is 70.6 Å². The summed E-state index contributed by atoms with van der Waals surface area (Å²) in [5.74, 6) is 0.581. The van der Waals surface area contributed by atoms with Gasteiger partial charge in [0.15, 0.2) is 16.7 Å². The molecule has 0 spiro atoms. The largest absolute Gasteiger partial charge is 0.493 e. The number of halogens is 2. The topological polar surface area (TPSA) is 94.3 Å². The Morgan fingerprint density at radius 1 is 1.11 bits per heavy atom. The fourth-order valence-corrected chi connectivity index (χ4v) is 5.05. The van der Waals surface area contributed by atoms with Crippen molar-refractivity contribution in [1.29, 1.82) is 0 Å². The van der Waals surface area contributed by atoms with Gasteiger partial charge in [-0.05, 0) is 83.9 Å². The number of rotatable bonds is 9. The molecule has 0 bridgehead atoms. The lowest BCUT2D eigenvalue weighted by Crippen LogP contribution is -2.29. The Hall–Kier alpha value is -3.53. The Morgan fingerprint density at radius 3 is 2.45 bits per heavy atom. The van der Waals surface area contributed by atoms with E-state index in [1.165, 1.54) is 31.0 Å². The third-order valence-electron chi connectivity index (χ3n) is 5.47. The standard InChI is InChI=1S/C27H23Cl2N3O5S/c1-3-12-31-26(33)24(38-27(31)30-20-8-6-19(28)7-9-20)15-18-13-22(29)25(23(14-18)36-2)37-16-17-4-10-21(11-5-17)32(34)35/h4-11,13-15H,3,12,16H2,1-2H3/b24-15-,30-27?. The maximum atomic E-state index is 13.2. The number of methoxy groups -OCH3 is 1. The number of nitro benzene ring substituents is 1. The molecule has 0 aromatic heterocycles. The number of ether oxygens (including phenoxy) is 2. The van der Waals surface area contributed by atoms with E-state index in [1.807, 2.05) is 6.92 Å². The Bertz CT molecular complexity index is 1410. The van der Waals surface area contributed by atoms with E-state index in [4.69, 9.17) is 32.7 Å². The van der Waals surface area contributed by atoms with E-state index >= 15 is 0 Å². The van der Waals surface area contributed by atoms with Crippen LogP contribution in [0, 0.1) is 10.1 Å². The van der Waals surface area contributed by atoms with Crippen LogP contribution in [0.25, 0.3) is 6.08 Å². The molecule has 1 aliphatic rings. The normalized spacial score (nSPS) is 15.4. The van der Waals surface area contributed by atoms with Crippen molar-refractivity contribution in [2.24, 2.45) is 4.99 Å². The quantitative estimate of drug-likeness (QED) is 0.150. The van der Waals surface area contributed by atoms with Crippen LogP contribution in [0.5, 0.6) is 11.5 Å². The van der Waals surface area contributed by atoms with E-state index in [0.29, 0.717) is 49.4 Å². The van der Waals surface area contributed by atoms with Crippen molar-refractivity contribution in [2.75, 3.05) is 13.7 Å². The molecule has 3 aromatic rings. The molecule has 0 atom stereocenters. The van der Waals surface area contributed by atoms with Crippen LogP contribution >= 0.6 is 35.0 Å². The van der Waals surface area contributed by atoms with Crippen molar-refractivity contribution in [2.45, 2.75) is 20.0 Å². The average molecular weight is 572 g/mol. The van der Waals surface area contributed by atoms with Crippen LogP contribution in [0.3, 0.4) is 0 Å². The number of amidine groups is 1. The minimum absolute atomic E-state index is 0.0000434. The summed E-state index contributed by atoms with van der Waals surface area (Å²) in [6, 6.07) is 16.6. The predicted octanol–water partition coefficient (Wildman–Crippen LogP) is 7.50. The lowest BCUT2D eigenvalue weighted by Gasteiger charge is -2.14. The first-order valence-corrected chi connectivity index (χ1v) is 13.2. The molecule has 196 valence electrons. The molecule has 1 aliphatic heterocycles. The van der Waals surface area contributed by atoms with Crippen LogP contribution < -0.4 is 9.47 Å². The number of aliphatic imine (C=N–C) groups is 1. The molecular weight excluding hydrogens is 549 g/mol. The van der Waals surface area contributed by atoms with Crippen molar-refractivity contribution in [3.8, 4) is 11.5 Å². The van der Waals surface area contributed by atoms with Gasteiger partial charge in [-0.15, -0.1) is 0 Å². The van der Waals surface area contributed by atoms with Gasteiger partial charge in [0, 0.05) is 23.7 Å². The molecule has 0 unspecified atom stereocenters. The predicted molar refractivity (Wildman–Crippen MR) is 152 cm³/mol. The van der Waals surface area contributed by atoms with Crippen LogP contribution in [-0.4, -0.2) is 34.6 Å². The monoisotopic (exact) mass is 571 g/mol. The van der Waals surface area contributed by atoms with Gasteiger partial charge in [0.05, 0.1) is 27.6 Å². The van der Waals surface area contributed by atoms with Crippen LogP contribution in [0.2, 0.25) is 10.0 Å². The molecule has 0 aliphatic carbocycles. The Balaban J connectivity index is 1.57. The summed E-state index contributed by atoms with van der Waals surface area (Å²) >= 11 is 13.8. The van der Waals surface area contributed by atoms with E-state index in [9.17, 15) is 14.9 Å². The number of nitro groups is 1. The maximum absolute atomic E-state index is 13.2. The lowest BCUT2D eigenvalue weighted by atomic mass is 10.1. The first kappa shape index (κ1) is 27.5. The fourth-order valence-electron chi connectivity index (χ4n) is 3.62. The minimum Gasteiger partial charge on any atom is -0.493 e. The SMILES string of the molecule is CCCN1C(=O)/C(=C/c2cc(Cl)c(OCc3ccc([N+](=O)[O-])cc3)c(OC)c2)SC1=Nc1ccc(Cl)cc1. The number of benzene rings is 3. The van der Waals surface area contributed by atoms with Gasteiger partial charge in [0.1, 0.15) is 6.61 Å². The van der Waals surface area contributed by atoms with E-state index in [0.717, 1.165) is 12.0 Å². The van der Waals surface area contributed by atoms with Crippen LogP contribution in [0.4, 0.5) is 11.4 Å². The van der Waals surface area contributed by atoms with Crippen molar-refractivity contribution in [3.63, 3.8) is 0 Å². The van der Waals surface area contributed by atoms with Crippen LogP contribution in [-0.2, 0) is 11.4 Å².